The van der Waals surface area contributed by atoms with Crippen LogP contribution < -0.4 is 5.32 Å². The Hall–Kier alpha value is -0.990. The van der Waals surface area contributed by atoms with Crippen LogP contribution in [0.5, 0.6) is 0 Å². The van der Waals surface area contributed by atoms with Gasteiger partial charge < -0.3 is 5.32 Å². The van der Waals surface area contributed by atoms with Crippen LogP contribution in [0.3, 0.4) is 0 Å². The van der Waals surface area contributed by atoms with Gasteiger partial charge in [0.05, 0.1) is 6.20 Å². The van der Waals surface area contributed by atoms with Crippen molar-refractivity contribution < 1.29 is 0 Å². The fourth-order valence-electron chi connectivity index (χ4n) is 2.18. The smallest absolute Gasteiger partial charge is 0.124 e. The van der Waals surface area contributed by atoms with Crippen molar-refractivity contribution in [1.82, 2.24) is 9.78 Å². The van der Waals surface area contributed by atoms with Crippen molar-refractivity contribution in [3.63, 3.8) is 0 Å². The normalized spacial score (nSPS) is 17.4. The highest BCUT2D eigenvalue weighted by molar-refractivity contribution is 5.35. The van der Waals surface area contributed by atoms with Gasteiger partial charge in [-0.1, -0.05) is 20.3 Å². The van der Waals surface area contributed by atoms with Crippen molar-refractivity contribution in [3.05, 3.63) is 12.3 Å². The average molecular weight is 221 g/mol. The molecule has 0 bridgehead atoms. The van der Waals surface area contributed by atoms with E-state index in [1.165, 1.54) is 37.9 Å². The van der Waals surface area contributed by atoms with Crippen LogP contribution in [-0.2, 0) is 6.54 Å². The number of hydrogen-bond donors (Lipinski definition) is 1. The zero-order chi connectivity index (χ0) is 11.4. The lowest BCUT2D eigenvalue weighted by Crippen LogP contribution is -2.22. The minimum absolute atomic E-state index is 0.650. The Kier molecular flexibility index (Phi) is 3.86. The van der Waals surface area contributed by atoms with Crippen molar-refractivity contribution in [2.24, 2.45) is 5.92 Å². The molecule has 1 unspecified atom stereocenters. The number of hydrogen-bond acceptors (Lipinski definition) is 2. The number of anilines is 1. The number of aryl methyl sites for hydroxylation is 1. The molecule has 0 aliphatic heterocycles. The molecule has 1 aromatic rings. The van der Waals surface area contributed by atoms with Crippen molar-refractivity contribution >= 4 is 5.82 Å². The largest absolute Gasteiger partial charge is 0.367 e. The lowest BCUT2D eigenvalue weighted by Gasteiger charge is -2.18. The second-order valence-corrected chi connectivity index (χ2v) is 4.79. The molecule has 3 heteroatoms. The Morgan fingerprint density at radius 3 is 2.94 bits per heavy atom. The van der Waals surface area contributed by atoms with E-state index in [0.717, 1.165) is 12.5 Å². The summed E-state index contributed by atoms with van der Waals surface area (Å²) in [6.07, 6.45) is 8.33. The molecule has 1 N–H and O–H groups in total. The van der Waals surface area contributed by atoms with Gasteiger partial charge in [0.1, 0.15) is 5.82 Å². The third-order valence-corrected chi connectivity index (χ3v) is 3.40. The second-order valence-electron chi connectivity index (χ2n) is 4.79. The van der Waals surface area contributed by atoms with Gasteiger partial charge in [-0.3, -0.25) is 0 Å². The van der Waals surface area contributed by atoms with E-state index in [9.17, 15) is 0 Å². The first-order chi connectivity index (χ1) is 7.85. The molecule has 1 saturated carbocycles. The molecule has 1 atom stereocenters. The average Bonchev–Trinajstić information content (AvgIpc) is 3.05. The molecular formula is C13H23N3. The molecule has 0 saturated heterocycles. The number of aromatic nitrogens is 2. The molecule has 1 aromatic heterocycles. The van der Waals surface area contributed by atoms with Crippen molar-refractivity contribution in [2.45, 2.75) is 58.5 Å². The fraction of sp³-hybridized carbons (Fsp3) is 0.769. The SMILES string of the molecule is CCCCn1nccc1NC(CC)C1CC1. The predicted octanol–water partition coefficient (Wildman–Crippen LogP) is 3.28. The standard InChI is InChI=1S/C13H23N3/c1-3-5-10-16-13(8-9-14-16)15-12(4-2)11-6-7-11/h8-9,11-12,15H,3-7,10H2,1-2H3. The van der Waals surface area contributed by atoms with Gasteiger partial charge in [-0.2, -0.15) is 5.10 Å². The number of rotatable bonds is 7. The topological polar surface area (TPSA) is 29.9 Å². The van der Waals surface area contributed by atoms with Gasteiger partial charge in [0, 0.05) is 18.7 Å². The monoisotopic (exact) mass is 221 g/mol. The van der Waals surface area contributed by atoms with Gasteiger partial charge in [0.25, 0.3) is 0 Å². The summed E-state index contributed by atoms with van der Waals surface area (Å²) in [6, 6.07) is 2.75. The molecule has 16 heavy (non-hydrogen) atoms. The van der Waals surface area contributed by atoms with Gasteiger partial charge in [0.2, 0.25) is 0 Å². The Balaban J connectivity index is 1.93. The van der Waals surface area contributed by atoms with Gasteiger partial charge >= 0.3 is 0 Å². The molecule has 1 heterocycles. The van der Waals surface area contributed by atoms with Crippen molar-refractivity contribution in [1.29, 1.82) is 0 Å². The van der Waals surface area contributed by atoms with Crippen molar-refractivity contribution in [3.8, 4) is 0 Å². The summed E-state index contributed by atoms with van der Waals surface area (Å²) < 4.78 is 2.11. The van der Waals surface area contributed by atoms with E-state index in [4.69, 9.17) is 0 Å². The highest BCUT2D eigenvalue weighted by Gasteiger charge is 2.30. The van der Waals surface area contributed by atoms with Crippen LogP contribution in [0, 0.1) is 5.92 Å². The summed E-state index contributed by atoms with van der Waals surface area (Å²) in [4.78, 5) is 0. The van der Waals surface area contributed by atoms with E-state index in [1.807, 2.05) is 6.20 Å². The minimum Gasteiger partial charge on any atom is -0.367 e. The van der Waals surface area contributed by atoms with Crippen LogP contribution in [0.4, 0.5) is 5.82 Å². The Labute approximate surface area is 98.2 Å². The van der Waals surface area contributed by atoms with E-state index < -0.39 is 0 Å². The maximum Gasteiger partial charge on any atom is 0.124 e. The molecule has 2 rings (SSSR count). The molecule has 0 aromatic carbocycles. The molecule has 1 fully saturated rings. The zero-order valence-electron chi connectivity index (χ0n) is 10.4. The third kappa shape index (κ3) is 2.77. The van der Waals surface area contributed by atoms with E-state index in [0.29, 0.717) is 6.04 Å². The quantitative estimate of drug-likeness (QED) is 0.765. The third-order valence-electron chi connectivity index (χ3n) is 3.40. The Morgan fingerprint density at radius 2 is 2.31 bits per heavy atom. The van der Waals surface area contributed by atoms with Crippen LogP contribution in [-0.4, -0.2) is 15.8 Å². The second kappa shape index (κ2) is 5.37. The first-order valence-corrected chi connectivity index (χ1v) is 6.63. The molecule has 1 aliphatic carbocycles. The van der Waals surface area contributed by atoms with E-state index in [-0.39, 0.29) is 0 Å². The summed E-state index contributed by atoms with van der Waals surface area (Å²) >= 11 is 0. The molecule has 90 valence electrons. The molecular weight excluding hydrogens is 198 g/mol. The Bertz CT molecular complexity index is 315. The van der Waals surface area contributed by atoms with Gasteiger partial charge in [-0.25, -0.2) is 4.68 Å². The van der Waals surface area contributed by atoms with E-state index in [1.54, 1.807) is 0 Å². The van der Waals surface area contributed by atoms with E-state index in [2.05, 4.69) is 35.0 Å². The summed E-state index contributed by atoms with van der Waals surface area (Å²) in [7, 11) is 0. The summed E-state index contributed by atoms with van der Waals surface area (Å²) in [6.45, 7) is 5.52. The maximum atomic E-state index is 4.37. The molecule has 3 nitrogen and oxygen atoms in total. The highest BCUT2D eigenvalue weighted by atomic mass is 15.3. The first kappa shape index (κ1) is 11.5. The maximum absolute atomic E-state index is 4.37. The van der Waals surface area contributed by atoms with Crippen LogP contribution in [0.15, 0.2) is 12.3 Å². The van der Waals surface area contributed by atoms with Crippen LogP contribution in [0.2, 0.25) is 0 Å². The minimum atomic E-state index is 0.650. The molecule has 0 amide bonds. The van der Waals surface area contributed by atoms with E-state index >= 15 is 0 Å². The number of unbranched alkanes of at least 4 members (excludes halogenated alkanes) is 1. The lowest BCUT2D eigenvalue weighted by atomic mass is 10.1. The van der Waals surface area contributed by atoms with Crippen LogP contribution in [0.1, 0.15) is 46.0 Å². The zero-order valence-corrected chi connectivity index (χ0v) is 10.4. The summed E-state index contributed by atoms with van der Waals surface area (Å²) in [5.74, 6) is 2.10. The first-order valence-electron chi connectivity index (χ1n) is 6.63. The lowest BCUT2D eigenvalue weighted by molar-refractivity contribution is 0.557. The van der Waals surface area contributed by atoms with Crippen LogP contribution >= 0.6 is 0 Å². The highest BCUT2D eigenvalue weighted by Crippen LogP contribution is 2.35. The van der Waals surface area contributed by atoms with Gasteiger partial charge in [-0.15, -0.1) is 0 Å². The van der Waals surface area contributed by atoms with Gasteiger partial charge in [-0.05, 0) is 31.6 Å². The summed E-state index contributed by atoms with van der Waals surface area (Å²) in [5, 5.41) is 8.02. The molecule has 0 radical (unpaired) electrons. The Morgan fingerprint density at radius 1 is 1.50 bits per heavy atom. The number of nitrogens with zero attached hydrogens (tertiary/aromatic N) is 2. The predicted molar refractivity (Wildman–Crippen MR) is 67.6 cm³/mol. The van der Waals surface area contributed by atoms with Crippen LogP contribution in [0.25, 0.3) is 0 Å². The van der Waals surface area contributed by atoms with Gasteiger partial charge in [0.15, 0.2) is 0 Å². The molecule has 0 spiro atoms. The number of nitrogens with one attached hydrogen (secondary N) is 1. The summed E-state index contributed by atoms with van der Waals surface area (Å²) in [5.41, 5.74) is 0. The fourth-order valence-corrected chi connectivity index (χ4v) is 2.18. The molecule has 1 aliphatic rings. The van der Waals surface area contributed by atoms with Crippen molar-refractivity contribution in [2.75, 3.05) is 5.32 Å².